The van der Waals surface area contributed by atoms with Gasteiger partial charge in [0.05, 0.1) is 5.52 Å². The quantitative estimate of drug-likeness (QED) is 0.531. The third kappa shape index (κ3) is 1.91. The molecule has 100 valence electrons. The van der Waals surface area contributed by atoms with E-state index in [1.54, 1.807) is 10.8 Å². The molecule has 4 rings (SSSR count). The van der Waals surface area contributed by atoms with Crippen molar-refractivity contribution in [1.82, 2.24) is 9.55 Å². The standard InChI is InChI=1S/C18H12N2O/c21-18-15-7-3-1-5-13(15)11-12-20(18)17-10-9-14-6-2-4-8-16(14)19-17/h1-12H. The zero-order chi connectivity index (χ0) is 14.2. The summed E-state index contributed by atoms with van der Waals surface area (Å²) >= 11 is 0. The molecule has 0 saturated heterocycles. The summed E-state index contributed by atoms with van der Waals surface area (Å²) in [6.45, 7) is 0. The molecular formula is C18H12N2O. The normalized spacial score (nSPS) is 11.0. The smallest absolute Gasteiger partial charge is 0.264 e. The van der Waals surface area contributed by atoms with Crippen molar-refractivity contribution in [3.8, 4) is 5.82 Å². The van der Waals surface area contributed by atoms with Crippen LogP contribution in [0.1, 0.15) is 0 Å². The van der Waals surface area contributed by atoms with Crippen LogP contribution in [0.2, 0.25) is 0 Å². The zero-order valence-corrected chi connectivity index (χ0v) is 11.2. The fourth-order valence-electron chi connectivity index (χ4n) is 2.56. The van der Waals surface area contributed by atoms with Gasteiger partial charge in [0.25, 0.3) is 5.56 Å². The second-order valence-corrected chi connectivity index (χ2v) is 4.94. The molecule has 2 heterocycles. The first kappa shape index (κ1) is 11.9. The van der Waals surface area contributed by atoms with Crippen molar-refractivity contribution >= 4 is 21.7 Å². The van der Waals surface area contributed by atoms with E-state index < -0.39 is 0 Å². The average Bonchev–Trinajstić information content (AvgIpc) is 2.55. The number of benzene rings is 2. The van der Waals surface area contributed by atoms with Crippen LogP contribution in [-0.4, -0.2) is 9.55 Å². The maximum atomic E-state index is 12.6. The number of nitrogens with zero attached hydrogens (tertiary/aromatic N) is 2. The predicted octanol–water partition coefficient (Wildman–Crippen LogP) is 3.54. The van der Waals surface area contributed by atoms with E-state index in [0.717, 1.165) is 16.3 Å². The van der Waals surface area contributed by atoms with Gasteiger partial charge in [0.1, 0.15) is 5.82 Å². The van der Waals surface area contributed by atoms with Crippen LogP contribution in [0, 0.1) is 0 Å². The van der Waals surface area contributed by atoms with Crippen LogP contribution in [-0.2, 0) is 0 Å². The molecule has 2 aromatic carbocycles. The number of hydrogen-bond acceptors (Lipinski definition) is 2. The summed E-state index contributed by atoms with van der Waals surface area (Å²) in [4.78, 5) is 17.2. The Morgan fingerprint density at radius 1 is 0.762 bits per heavy atom. The average molecular weight is 272 g/mol. The van der Waals surface area contributed by atoms with E-state index in [4.69, 9.17) is 0 Å². The number of rotatable bonds is 1. The van der Waals surface area contributed by atoms with E-state index in [1.165, 1.54) is 0 Å². The van der Waals surface area contributed by atoms with Crippen LogP contribution in [0.5, 0.6) is 0 Å². The summed E-state index contributed by atoms with van der Waals surface area (Å²) in [5.74, 6) is 0.643. The predicted molar refractivity (Wildman–Crippen MR) is 84.8 cm³/mol. The largest absolute Gasteiger partial charge is 0.268 e. The van der Waals surface area contributed by atoms with Crippen LogP contribution < -0.4 is 5.56 Å². The van der Waals surface area contributed by atoms with E-state index in [1.807, 2.05) is 66.7 Å². The van der Waals surface area contributed by atoms with E-state index in [9.17, 15) is 4.79 Å². The molecule has 3 heteroatoms. The van der Waals surface area contributed by atoms with Gasteiger partial charge in [-0.05, 0) is 35.7 Å². The second-order valence-electron chi connectivity index (χ2n) is 4.94. The molecule has 0 aliphatic rings. The van der Waals surface area contributed by atoms with E-state index in [2.05, 4.69) is 4.98 Å². The highest BCUT2D eigenvalue weighted by Gasteiger charge is 2.05. The van der Waals surface area contributed by atoms with Gasteiger partial charge in [-0.15, -0.1) is 0 Å². The minimum atomic E-state index is -0.0455. The first-order valence-corrected chi connectivity index (χ1v) is 6.79. The highest BCUT2D eigenvalue weighted by Crippen LogP contribution is 2.15. The van der Waals surface area contributed by atoms with Crippen molar-refractivity contribution in [1.29, 1.82) is 0 Å². The Kier molecular flexibility index (Phi) is 2.57. The molecule has 21 heavy (non-hydrogen) atoms. The Morgan fingerprint density at radius 2 is 1.52 bits per heavy atom. The molecule has 0 bridgehead atoms. The van der Waals surface area contributed by atoms with Crippen molar-refractivity contribution in [3.63, 3.8) is 0 Å². The van der Waals surface area contributed by atoms with E-state index in [-0.39, 0.29) is 5.56 Å². The summed E-state index contributed by atoms with van der Waals surface area (Å²) in [6.07, 6.45) is 1.78. The third-order valence-electron chi connectivity index (χ3n) is 3.64. The number of pyridine rings is 2. The molecule has 0 fully saturated rings. The lowest BCUT2D eigenvalue weighted by Crippen LogP contribution is -2.18. The monoisotopic (exact) mass is 272 g/mol. The molecule has 0 radical (unpaired) electrons. The molecule has 0 unspecified atom stereocenters. The Labute approximate surface area is 121 Å². The summed E-state index contributed by atoms with van der Waals surface area (Å²) in [6, 6.07) is 21.3. The molecule has 0 spiro atoms. The molecule has 0 amide bonds. The molecule has 0 atom stereocenters. The molecule has 4 aromatic rings. The molecule has 0 saturated carbocycles. The summed E-state index contributed by atoms with van der Waals surface area (Å²) in [7, 11) is 0. The van der Waals surface area contributed by atoms with Gasteiger partial charge in [-0.1, -0.05) is 36.4 Å². The second kappa shape index (κ2) is 4.56. The lowest BCUT2D eigenvalue weighted by atomic mass is 10.2. The van der Waals surface area contributed by atoms with Crippen molar-refractivity contribution in [2.75, 3.05) is 0 Å². The SMILES string of the molecule is O=c1c2ccccc2ccn1-c1ccc2ccccc2n1. The molecule has 0 N–H and O–H groups in total. The van der Waals surface area contributed by atoms with Crippen LogP contribution in [0.25, 0.3) is 27.5 Å². The first-order chi connectivity index (χ1) is 10.3. The fourth-order valence-corrected chi connectivity index (χ4v) is 2.56. The minimum absolute atomic E-state index is 0.0455. The Hall–Kier alpha value is -2.94. The third-order valence-corrected chi connectivity index (χ3v) is 3.64. The highest BCUT2D eigenvalue weighted by molar-refractivity contribution is 5.82. The van der Waals surface area contributed by atoms with Gasteiger partial charge in [-0.3, -0.25) is 9.36 Å². The number of para-hydroxylation sites is 1. The van der Waals surface area contributed by atoms with Crippen molar-refractivity contribution in [2.45, 2.75) is 0 Å². The van der Waals surface area contributed by atoms with Crippen LogP contribution in [0.3, 0.4) is 0 Å². The molecule has 0 aliphatic heterocycles. The van der Waals surface area contributed by atoms with Crippen LogP contribution in [0.4, 0.5) is 0 Å². The maximum Gasteiger partial charge on any atom is 0.264 e. The summed E-state index contributed by atoms with van der Waals surface area (Å²) in [5.41, 5.74) is 0.839. The molecule has 3 nitrogen and oxygen atoms in total. The molecular weight excluding hydrogens is 260 g/mol. The van der Waals surface area contributed by atoms with Gasteiger partial charge in [0.15, 0.2) is 0 Å². The van der Waals surface area contributed by atoms with Gasteiger partial charge < -0.3 is 0 Å². The molecule has 0 aliphatic carbocycles. The van der Waals surface area contributed by atoms with Gasteiger partial charge in [-0.2, -0.15) is 0 Å². The zero-order valence-electron chi connectivity index (χ0n) is 11.2. The maximum absolute atomic E-state index is 12.6. The first-order valence-electron chi connectivity index (χ1n) is 6.79. The fraction of sp³-hybridized carbons (Fsp3) is 0. The summed E-state index contributed by atoms with van der Waals surface area (Å²) < 4.78 is 1.59. The van der Waals surface area contributed by atoms with E-state index in [0.29, 0.717) is 11.2 Å². The lowest BCUT2D eigenvalue weighted by Gasteiger charge is -2.07. The van der Waals surface area contributed by atoms with Crippen molar-refractivity contribution in [3.05, 3.63) is 83.3 Å². The van der Waals surface area contributed by atoms with Gasteiger partial charge >= 0.3 is 0 Å². The topological polar surface area (TPSA) is 34.9 Å². The van der Waals surface area contributed by atoms with Gasteiger partial charge in [0, 0.05) is 17.0 Å². The van der Waals surface area contributed by atoms with Gasteiger partial charge in [0.2, 0.25) is 0 Å². The number of fused-ring (bicyclic) bond motifs is 2. The van der Waals surface area contributed by atoms with Crippen LogP contribution in [0.15, 0.2) is 77.7 Å². The number of hydrogen-bond donors (Lipinski definition) is 0. The minimum Gasteiger partial charge on any atom is -0.268 e. The number of aromatic nitrogens is 2. The highest BCUT2D eigenvalue weighted by atomic mass is 16.1. The van der Waals surface area contributed by atoms with Gasteiger partial charge in [-0.25, -0.2) is 4.98 Å². The van der Waals surface area contributed by atoms with Crippen molar-refractivity contribution < 1.29 is 0 Å². The Bertz CT molecular complexity index is 1020. The van der Waals surface area contributed by atoms with Crippen molar-refractivity contribution in [2.24, 2.45) is 0 Å². The lowest BCUT2D eigenvalue weighted by molar-refractivity contribution is 0.965. The van der Waals surface area contributed by atoms with Crippen LogP contribution >= 0.6 is 0 Å². The molecule has 2 aromatic heterocycles. The Morgan fingerprint density at radius 3 is 2.43 bits per heavy atom. The Balaban J connectivity index is 2.00. The van der Waals surface area contributed by atoms with E-state index >= 15 is 0 Å². The summed E-state index contributed by atoms with van der Waals surface area (Å²) in [5, 5.41) is 2.71.